The third-order valence-corrected chi connectivity index (χ3v) is 5.23. The van der Waals surface area contributed by atoms with Crippen LogP contribution in [0.4, 0.5) is 4.39 Å². The normalized spacial score (nSPS) is 11.5. The van der Waals surface area contributed by atoms with Crippen molar-refractivity contribution in [3.05, 3.63) is 70.6 Å². The number of halogens is 3. The van der Waals surface area contributed by atoms with Crippen LogP contribution in [0.5, 0.6) is 0 Å². The highest BCUT2D eigenvalue weighted by Crippen LogP contribution is 2.34. The zero-order valence-corrected chi connectivity index (χ0v) is 14.9. The fourth-order valence-electron chi connectivity index (χ4n) is 2.41. The average molecular weight is 397 g/mol. The number of aromatic nitrogens is 1. The van der Waals surface area contributed by atoms with E-state index in [1.54, 1.807) is 36.5 Å². The molecule has 25 heavy (non-hydrogen) atoms. The van der Waals surface area contributed by atoms with Crippen LogP contribution in [0.2, 0.25) is 10.0 Å². The summed E-state index contributed by atoms with van der Waals surface area (Å²) in [4.78, 5) is 3.72. The van der Waals surface area contributed by atoms with Gasteiger partial charge in [0.05, 0.1) is 15.7 Å². The van der Waals surface area contributed by atoms with Crippen LogP contribution in [-0.2, 0) is 10.0 Å². The summed E-state index contributed by atoms with van der Waals surface area (Å²) in [5.41, 5.74) is 2.32. The predicted molar refractivity (Wildman–Crippen MR) is 96.5 cm³/mol. The molecule has 8 heteroatoms. The number of rotatable bonds is 3. The van der Waals surface area contributed by atoms with Gasteiger partial charge < -0.3 is 0 Å². The van der Waals surface area contributed by atoms with Gasteiger partial charge in [0.25, 0.3) is 0 Å². The number of nitrogens with two attached hydrogens (primary N) is 1. The van der Waals surface area contributed by atoms with Crippen LogP contribution >= 0.6 is 23.2 Å². The molecule has 2 N–H and O–H groups in total. The van der Waals surface area contributed by atoms with Gasteiger partial charge in [0.2, 0.25) is 10.0 Å². The predicted octanol–water partition coefficient (Wildman–Crippen LogP) is 4.51. The first-order valence-electron chi connectivity index (χ1n) is 7.00. The molecule has 1 aromatic heterocycles. The van der Waals surface area contributed by atoms with E-state index in [0.717, 1.165) is 17.7 Å². The van der Waals surface area contributed by atoms with Gasteiger partial charge in [-0.15, -0.1) is 0 Å². The lowest BCUT2D eigenvalue weighted by Crippen LogP contribution is -2.14. The van der Waals surface area contributed by atoms with Gasteiger partial charge >= 0.3 is 0 Å². The molecular weight excluding hydrogens is 386 g/mol. The molecular formula is C17H11Cl2FN2O2S. The van der Waals surface area contributed by atoms with Crippen molar-refractivity contribution in [3.8, 4) is 22.4 Å². The Balaban J connectivity index is 2.16. The highest BCUT2D eigenvalue weighted by atomic mass is 35.5. The molecule has 0 aliphatic carbocycles. The van der Waals surface area contributed by atoms with Crippen LogP contribution in [0.15, 0.2) is 59.6 Å². The minimum Gasteiger partial charge on any atom is -0.256 e. The first-order chi connectivity index (χ1) is 11.8. The molecule has 3 aromatic rings. The van der Waals surface area contributed by atoms with E-state index < -0.39 is 20.7 Å². The molecule has 2 aromatic carbocycles. The molecule has 0 atom stereocenters. The first kappa shape index (κ1) is 17.8. The van der Waals surface area contributed by atoms with Crippen molar-refractivity contribution in [2.24, 2.45) is 5.14 Å². The maximum atomic E-state index is 14.2. The van der Waals surface area contributed by atoms with E-state index in [0.29, 0.717) is 26.9 Å². The maximum absolute atomic E-state index is 14.2. The van der Waals surface area contributed by atoms with Crippen LogP contribution in [0.1, 0.15) is 0 Å². The van der Waals surface area contributed by atoms with E-state index in [9.17, 15) is 12.8 Å². The number of primary sulfonamides is 1. The molecule has 0 spiro atoms. The summed E-state index contributed by atoms with van der Waals surface area (Å²) in [7, 11) is -4.13. The minimum atomic E-state index is -4.13. The lowest BCUT2D eigenvalue weighted by molar-refractivity contribution is 0.568. The molecule has 128 valence electrons. The first-order valence-corrected chi connectivity index (χ1v) is 9.31. The average Bonchev–Trinajstić information content (AvgIpc) is 2.56. The molecule has 0 saturated carbocycles. The van der Waals surface area contributed by atoms with Gasteiger partial charge in [-0.05, 0) is 35.9 Å². The van der Waals surface area contributed by atoms with Crippen LogP contribution in [0, 0.1) is 5.82 Å². The summed E-state index contributed by atoms with van der Waals surface area (Å²) < 4.78 is 36.9. The summed E-state index contributed by atoms with van der Waals surface area (Å²) in [5.74, 6) is -0.939. The van der Waals surface area contributed by atoms with Gasteiger partial charge in [-0.2, -0.15) is 0 Å². The monoisotopic (exact) mass is 396 g/mol. The standard InChI is InChI=1S/C17H11Cl2FN2O2S/c18-13-5-3-10(8-14(13)19)12-2-1-7-22-17(12)11-4-6-16(15(20)9-11)25(21,23)24/h1-9H,(H2,21,23,24). The molecule has 3 rings (SSSR count). The van der Waals surface area contributed by atoms with E-state index in [1.165, 1.54) is 6.07 Å². The van der Waals surface area contributed by atoms with Crippen LogP contribution in [0.3, 0.4) is 0 Å². The summed E-state index contributed by atoms with van der Waals surface area (Å²) in [6.07, 6.45) is 1.56. The molecule has 1 heterocycles. The summed E-state index contributed by atoms with van der Waals surface area (Å²) in [6, 6.07) is 12.3. The number of nitrogens with zero attached hydrogens (tertiary/aromatic N) is 1. The molecule has 0 amide bonds. The zero-order valence-electron chi connectivity index (χ0n) is 12.6. The maximum Gasteiger partial charge on any atom is 0.240 e. The van der Waals surface area contributed by atoms with Crippen LogP contribution < -0.4 is 5.14 Å². The van der Waals surface area contributed by atoms with Crippen molar-refractivity contribution in [2.45, 2.75) is 4.90 Å². The third kappa shape index (κ3) is 3.67. The number of sulfonamides is 1. The second-order valence-electron chi connectivity index (χ2n) is 5.22. The molecule has 0 aliphatic rings. The van der Waals surface area contributed by atoms with E-state index in [2.05, 4.69) is 4.98 Å². The minimum absolute atomic E-state index is 0.379. The Morgan fingerprint density at radius 3 is 2.32 bits per heavy atom. The third-order valence-electron chi connectivity index (χ3n) is 3.55. The second-order valence-corrected chi connectivity index (χ2v) is 7.56. The highest BCUT2D eigenvalue weighted by molar-refractivity contribution is 7.89. The largest absolute Gasteiger partial charge is 0.256 e. The number of benzene rings is 2. The lowest BCUT2D eigenvalue weighted by Gasteiger charge is -2.11. The molecule has 0 saturated heterocycles. The van der Waals surface area contributed by atoms with Crippen LogP contribution in [-0.4, -0.2) is 13.4 Å². The Kier molecular flexibility index (Phi) is 4.79. The topological polar surface area (TPSA) is 73.1 Å². The number of pyridine rings is 1. The molecule has 4 nitrogen and oxygen atoms in total. The molecule has 0 fully saturated rings. The smallest absolute Gasteiger partial charge is 0.240 e. The quantitative estimate of drug-likeness (QED) is 0.707. The molecule has 0 bridgehead atoms. The van der Waals surface area contributed by atoms with Gasteiger partial charge in [0.15, 0.2) is 0 Å². The van der Waals surface area contributed by atoms with Crippen molar-refractivity contribution >= 4 is 33.2 Å². The zero-order chi connectivity index (χ0) is 18.2. The number of hydrogen-bond donors (Lipinski definition) is 1. The lowest BCUT2D eigenvalue weighted by atomic mass is 9.99. The van der Waals surface area contributed by atoms with Crippen LogP contribution in [0.25, 0.3) is 22.4 Å². The SMILES string of the molecule is NS(=O)(=O)c1ccc(-c2ncccc2-c2ccc(Cl)c(Cl)c2)cc1F. The fraction of sp³-hybridized carbons (Fsp3) is 0. The Hall–Kier alpha value is -1.99. The van der Waals surface area contributed by atoms with E-state index >= 15 is 0 Å². The van der Waals surface area contributed by atoms with E-state index in [4.69, 9.17) is 28.3 Å². The highest BCUT2D eigenvalue weighted by Gasteiger charge is 2.17. The van der Waals surface area contributed by atoms with Gasteiger partial charge in [-0.3, -0.25) is 4.98 Å². The fourth-order valence-corrected chi connectivity index (χ4v) is 3.30. The second kappa shape index (κ2) is 6.72. The molecule has 0 aliphatic heterocycles. The summed E-state index contributed by atoms with van der Waals surface area (Å²) in [6.45, 7) is 0. The molecule has 0 radical (unpaired) electrons. The Bertz CT molecular complexity index is 1070. The van der Waals surface area contributed by atoms with Crippen molar-refractivity contribution in [3.63, 3.8) is 0 Å². The summed E-state index contributed by atoms with van der Waals surface area (Å²) in [5, 5.41) is 5.78. The Labute approximate surface area is 154 Å². The van der Waals surface area contributed by atoms with Crippen molar-refractivity contribution in [1.29, 1.82) is 0 Å². The van der Waals surface area contributed by atoms with Gasteiger partial charge in [0.1, 0.15) is 10.7 Å². The molecule has 0 unspecified atom stereocenters. The Morgan fingerprint density at radius 2 is 1.68 bits per heavy atom. The van der Waals surface area contributed by atoms with Gasteiger partial charge in [-0.25, -0.2) is 17.9 Å². The van der Waals surface area contributed by atoms with Crippen molar-refractivity contribution in [1.82, 2.24) is 4.98 Å². The van der Waals surface area contributed by atoms with E-state index in [-0.39, 0.29) is 0 Å². The number of hydrogen-bond acceptors (Lipinski definition) is 3. The van der Waals surface area contributed by atoms with Crippen molar-refractivity contribution < 1.29 is 12.8 Å². The van der Waals surface area contributed by atoms with Crippen molar-refractivity contribution in [2.75, 3.05) is 0 Å². The van der Waals surface area contributed by atoms with E-state index in [1.807, 2.05) is 0 Å². The Morgan fingerprint density at radius 1 is 0.960 bits per heavy atom. The summed E-state index contributed by atoms with van der Waals surface area (Å²) >= 11 is 12.0. The van der Waals surface area contributed by atoms with Gasteiger partial charge in [0, 0.05) is 17.3 Å². The van der Waals surface area contributed by atoms with Gasteiger partial charge in [-0.1, -0.05) is 41.4 Å².